The van der Waals surface area contributed by atoms with Gasteiger partial charge in [0.1, 0.15) is 23.0 Å². The van der Waals surface area contributed by atoms with Crippen molar-refractivity contribution in [1.29, 1.82) is 0 Å². The Balaban J connectivity index is 0.000000403. The number of benzene rings is 4. The second-order valence-corrected chi connectivity index (χ2v) is 16.2. The first-order chi connectivity index (χ1) is 29.7. The monoisotopic (exact) mass is 856 g/mol. The van der Waals surface area contributed by atoms with E-state index in [1.54, 1.807) is 32.0 Å². The van der Waals surface area contributed by atoms with Crippen molar-refractivity contribution in [3.63, 3.8) is 0 Å². The van der Waals surface area contributed by atoms with Gasteiger partial charge in [-0.25, -0.2) is 14.4 Å². The van der Waals surface area contributed by atoms with Gasteiger partial charge < -0.3 is 49.2 Å². The zero-order chi connectivity index (χ0) is 44.8. The van der Waals surface area contributed by atoms with Crippen LogP contribution in [-0.2, 0) is 39.9 Å². The molecule has 62 heavy (non-hydrogen) atoms. The summed E-state index contributed by atoms with van der Waals surface area (Å²) >= 11 is 0. The maximum Gasteiger partial charge on any atom is 0.335 e. The van der Waals surface area contributed by atoms with Crippen LogP contribution in [0.3, 0.4) is 0 Å². The Morgan fingerprint density at radius 2 is 0.710 bits per heavy atom. The van der Waals surface area contributed by atoms with Crippen molar-refractivity contribution >= 4 is 17.9 Å². The second-order valence-electron chi connectivity index (χ2n) is 16.2. The van der Waals surface area contributed by atoms with E-state index in [1.165, 1.54) is 74.9 Å². The van der Waals surface area contributed by atoms with E-state index in [-0.39, 0.29) is 77.2 Å². The van der Waals surface area contributed by atoms with Crippen LogP contribution < -0.4 is 9.47 Å². The standard InChI is InChI=1S/C37H36O10.3C4H8O/c1-18(2)46-33-20-6-5-7-21(33)9-23-13-29(36(42)43)15-25(32(23)39)11-27-17-30(37(44)45)16-26(34(27)47-19(3)4)10-24-14-28(35(40)41)12-22(8-20)31(24)38;3*1-2-4-5-3-1/h5-7,12-19,38-39H,8-11H2,1-4H3,(H,40,41)(H,42,43)(H,44,45);3*1-4H2. The number of ether oxygens (including phenoxy) is 5. The lowest BCUT2D eigenvalue weighted by molar-refractivity contribution is 0.0686. The normalized spacial score (nSPS) is 15.3. The molecule has 0 spiro atoms. The number of rotatable bonds is 7. The number of fused-ring (bicyclic) bond motifs is 8. The van der Waals surface area contributed by atoms with Gasteiger partial charge in [-0.15, -0.1) is 0 Å². The topological polar surface area (TPSA) is 199 Å². The number of hydrogen-bond acceptors (Lipinski definition) is 10. The third-order valence-electron chi connectivity index (χ3n) is 10.4. The van der Waals surface area contributed by atoms with Gasteiger partial charge >= 0.3 is 17.9 Å². The Labute approximate surface area is 363 Å². The molecular formula is C49H60O13. The molecule has 3 saturated heterocycles. The molecule has 4 aliphatic rings. The molecule has 8 rings (SSSR count). The van der Waals surface area contributed by atoms with E-state index in [0.717, 1.165) is 39.6 Å². The van der Waals surface area contributed by atoms with Gasteiger partial charge in [0.05, 0.1) is 28.9 Å². The molecule has 0 atom stereocenters. The lowest BCUT2D eigenvalue weighted by Crippen LogP contribution is -2.13. The number of aromatic hydroxyl groups is 2. The van der Waals surface area contributed by atoms with E-state index in [4.69, 9.17) is 23.7 Å². The summed E-state index contributed by atoms with van der Waals surface area (Å²) in [6, 6.07) is 13.7. The molecule has 13 heteroatoms. The Kier molecular flexibility index (Phi) is 17.6. The first-order valence-electron chi connectivity index (χ1n) is 21.4. The Morgan fingerprint density at radius 3 is 0.952 bits per heavy atom. The average Bonchev–Trinajstić information content (AvgIpc) is 4.07. The molecule has 3 fully saturated rings. The first kappa shape index (κ1) is 47.4. The largest absolute Gasteiger partial charge is 0.507 e. The van der Waals surface area contributed by atoms with Crippen molar-refractivity contribution in [2.75, 3.05) is 39.6 Å². The molecule has 4 aromatic rings. The van der Waals surface area contributed by atoms with Gasteiger partial charge in [-0.05, 0) is 147 Å². The molecule has 0 amide bonds. The summed E-state index contributed by atoms with van der Waals surface area (Å²) in [5, 5.41) is 53.3. The summed E-state index contributed by atoms with van der Waals surface area (Å²) < 4.78 is 27.3. The van der Waals surface area contributed by atoms with E-state index in [0.29, 0.717) is 44.9 Å². The number of aromatic carboxylic acids is 3. The summed E-state index contributed by atoms with van der Waals surface area (Å²) in [5.74, 6) is -3.15. The second kappa shape index (κ2) is 23.0. The van der Waals surface area contributed by atoms with Crippen molar-refractivity contribution in [1.82, 2.24) is 0 Å². The van der Waals surface area contributed by atoms with Gasteiger partial charge in [-0.1, -0.05) is 18.2 Å². The van der Waals surface area contributed by atoms with Crippen LogP contribution in [0, 0.1) is 0 Å². The number of phenolic OH excluding ortho intramolecular Hbond substituents is 2. The van der Waals surface area contributed by atoms with Crippen LogP contribution >= 0.6 is 0 Å². The maximum absolute atomic E-state index is 12.3. The van der Waals surface area contributed by atoms with Gasteiger partial charge in [-0.3, -0.25) is 0 Å². The number of hydrogen-bond donors (Lipinski definition) is 5. The summed E-state index contributed by atoms with van der Waals surface area (Å²) in [7, 11) is 0. The van der Waals surface area contributed by atoms with Crippen molar-refractivity contribution in [2.45, 2.75) is 104 Å². The SMILES string of the molecule is C1CCOC1.C1CCOC1.C1CCOC1.CC(C)Oc1c2cccc1Cc1cc(C(=O)O)cc(c1O)Cc1cc(C(=O)O)cc(c1OC(C)C)Cc1cc(C(=O)O)cc(c1O)C2. The molecule has 8 bridgehead atoms. The average molecular weight is 857 g/mol. The zero-order valence-electron chi connectivity index (χ0n) is 36.2. The Morgan fingerprint density at radius 1 is 0.452 bits per heavy atom. The summed E-state index contributed by atoms with van der Waals surface area (Å²) in [4.78, 5) is 36.8. The molecule has 1 aliphatic carbocycles. The smallest absolute Gasteiger partial charge is 0.335 e. The number of phenols is 2. The molecule has 3 aliphatic heterocycles. The molecule has 4 aromatic carbocycles. The third-order valence-corrected chi connectivity index (χ3v) is 10.4. The molecule has 5 N–H and O–H groups in total. The molecule has 3 heterocycles. The fourth-order valence-corrected chi connectivity index (χ4v) is 7.49. The fraction of sp³-hybridized carbons (Fsp3) is 0.449. The van der Waals surface area contributed by atoms with Crippen LogP contribution in [0.1, 0.15) is 142 Å². The molecule has 0 unspecified atom stereocenters. The van der Waals surface area contributed by atoms with Gasteiger partial charge in [0.15, 0.2) is 0 Å². The predicted octanol–water partition coefficient (Wildman–Crippen LogP) is 8.83. The van der Waals surface area contributed by atoms with Gasteiger partial charge in [-0.2, -0.15) is 0 Å². The Hall–Kier alpha value is -5.63. The van der Waals surface area contributed by atoms with Crippen LogP contribution in [-0.4, -0.2) is 95.3 Å². The molecule has 0 aromatic heterocycles. The molecular weight excluding hydrogens is 797 g/mol. The fourth-order valence-electron chi connectivity index (χ4n) is 7.49. The molecule has 334 valence electrons. The quantitative estimate of drug-likeness (QED) is 0.104. The van der Waals surface area contributed by atoms with Crippen LogP contribution in [0.5, 0.6) is 23.0 Å². The number of para-hydroxylation sites is 1. The first-order valence-corrected chi connectivity index (χ1v) is 21.4. The lowest BCUT2D eigenvalue weighted by atomic mass is 9.89. The summed E-state index contributed by atoms with van der Waals surface area (Å²) in [5.41, 5.74) is 2.92. The van der Waals surface area contributed by atoms with E-state index in [9.17, 15) is 39.9 Å². The number of carbonyl (C=O) groups is 3. The highest BCUT2D eigenvalue weighted by molar-refractivity contribution is 5.90. The van der Waals surface area contributed by atoms with Crippen molar-refractivity contribution in [3.8, 4) is 23.0 Å². The van der Waals surface area contributed by atoms with Crippen LogP contribution in [0.2, 0.25) is 0 Å². The van der Waals surface area contributed by atoms with Crippen LogP contribution in [0.15, 0.2) is 54.6 Å². The number of carboxylic acids is 3. The van der Waals surface area contributed by atoms with E-state index in [1.807, 2.05) is 13.8 Å². The highest BCUT2D eigenvalue weighted by atomic mass is 16.5. The minimum atomic E-state index is -1.23. The van der Waals surface area contributed by atoms with Crippen molar-refractivity contribution in [2.24, 2.45) is 0 Å². The van der Waals surface area contributed by atoms with Gasteiger partial charge in [0.2, 0.25) is 0 Å². The minimum Gasteiger partial charge on any atom is -0.507 e. The Bertz CT molecular complexity index is 2000. The molecule has 0 saturated carbocycles. The van der Waals surface area contributed by atoms with Crippen molar-refractivity contribution < 1.29 is 63.6 Å². The summed E-state index contributed by atoms with van der Waals surface area (Å²) in [6.45, 7) is 13.3. The minimum absolute atomic E-state index is 0.0570. The van der Waals surface area contributed by atoms with Crippen molar-refractivity contribution in [3.05, 3.63) is 116 Å². The van der Waals surface area contributed by atoms with Gasteiger partial charge in [0.25, 0.3) is 0 Å². The van der Waals surface area contributed by atoms with Crippen LogP contribution in [0.25, 0.3) is 0 Å². The third kappa shape index (κ3) is 13.4. The molecule has 13 nitrogen and oxygen atoms in total. The highest BCUT2D eigenvalue weighted by Crippen LogP contribution is 2.40. The lowest BCUT2D eigenvalue weighted by Gasteiger charge is -2.23. The highest BCUT2D eigenvalue weighted by Gasteiger charge is 2.25. The van der Waals surface area contributed by atoms with Crippen LogP contribution in [0.4, 0.5) is 0 Å². The predicted molar refractivity (Wildman–Crippen MR) is 233 cm³/mol. The number of carboxylic acid groups (broad SMARTS) is 3. The molecule has 0 radical (unpaired) electrons. The van der Waals surface area contributed by atoms with E-state index in [2.05, 4.69) is 0 Å². The summed E-state index contributed by atoms with van der Waals surface area (Å²) in [6.07, 6.45) is 7.02. The van der Waals surface area contributed by atoms with E-state index < -0.39 is 17.9 Å². The van der Waals surface area contributed by atoms with Gasteiger partial charge in [0, 0.05) is 65.3 Å². The van der Waals surface area contributed by atoms with E-state index >= 15 is 0 Å². The zero-order valence-corrected chi connectivity index (χ0v) is 36.2. The maximum atomic E-state index is 12.3.